The van der Waals surface area contributed by atoms with E-state index < -0.39 is 10.9 Å². The summed E-state index contributed by atoms with van der Waals surface area (Å²) in [7, 11) is -0.539. The summed E-state index contributed by atoms with van der Waals surface area (Å²) in [5.74, 6) is 0.821. The molecule has 3 rings (SSSR count). The van der Waals surface area contributed by atoms with E-state index >= 15 is 0 Å². The molecule has 0 bridgehead atoms. The lowest BCUT2D eigenvalue weighted by Gasteiger charge is -2.15. The molecule has 2 aromatic rings. The molecule has 0 aromatic heterocycles. The number of rotatable bonds is 6. The molecule has 7 heteroatoms. The van der Waals surface area contributed by atoms with E-state index in [2.05, 4.69) is 16.4 Å². The number of amides is 1. The summed E-state index contributed by atoms with van der Waals surface area (Å²) >= 11 is 5.94. The molecule has 1 aliphatic rings. The molecule has 1 amide bonds. The number of hydrogen-bond acceptors (Lipinski definition) is 3. The molecule has 1 heterocycles. The van der Waals surface area contributed by atoms with Crippen molar-refractivity contribution in [2.24, 2.45) is 10.7 Å². The third-order valence-corrected chi connectivity index (χ3v) is 6.16. The van der Waals surface area contributed by atoms with Crippen LogP contribution in [0.3, 0.4) is 0 Å². The molecule has 0 aliphatic carbocycles. The molecule has 4 nitrogen and oxygen atoms in total. The fourth-order valence-electron chi connectivity index (χ4n) is 2.58. The van der Waals surface area contributed by atoms with E-state index in [4.69, 9.17) is 17.3 Å². The third-order valence-electron chi connectivity index (χ3n) is 3.83. The first kappa shape index (κ1) is 19.8. The zero-order valence-electron chi connectivity index (χ0n) is 13.6. The molecule has 1 unspecified atom stereocenters. The minimum Gasteiger partial charge on any atom is -0.352 e. The Balaban J connectivity index is 0.00000225. The number of nitrogens with two attached hydrogens (primary N) is 1. The van der Waals surface area contributed by atoms with Crippen LogP contribution >= 0.6 is 34.9 Å². The van der Waals surface area contributed by atoms with Crippen LogP contribution in [0.25, 0.3) is 0 Å². The van der Waals surface area contributed by atoms with Gasteiger partial charge in [-0.2, -0.15) is 10.9 Å². The van der Waals surface area contributed by atoms with E-state index in [1.165, 1.54) is 5.56 Å². The van der Waals surface area contributed by atoms with E-state index in [1.807, 2.05) is 41.9 Å². The van der Waals surface area contributed by atoms with E-state index in [1.54, 1.807) is 0 Å². The molecule has 0 radical (unpaired) electrons. The highest BCUT2D eigenvalue weighted by Crippen LogP contribution is 2.49. The Morgan fingerprint density at radius 3 is 2.68 bits per heavy atom. The van der Waals surface area contributed by atoms with Crippen LogP contribution < -0.4 is 11.1 Å². The van der Waals surface area contributed by atoms with Gasteiger partial charge in [-0.05, 0) is 42.8 Å². The summed E-state index contributed by atoms with van der Waals surface area (Å²) < 4.78 is 0. The number of benzene rings is 2. The first-order valence-electron chi connectivity index (χ1n) is 7.85. The van der Waals surface area contributed by atoms with Crippen LogP contribution in [-0.2, 0) is 5.75 Å². The summed E-state index contributed by atoms with van der Waals surface area (Å²) in [6, 6.07) is 13.7. The van der Waals surface area contributed by atoms with Crippen LogP contribution in [0.1, 0.15) is 22.3 Å². The average Bonchev–Trinajstić information content (AvgIpc) is 3.00. The quantitative estimate of drug-likeness (QED) is 0.507. The number of thiol groups is 1. The maximum atomic E-state index is 12.3. The van der Waals surface area contributed by atoms with Crippen LogP contribution in [0.2, 0.25) is 5.02 Å². The molecule has 3 N–H and O–H groups in total. The zero-order valence-corrected chi connectivity index (χ0v) is 16.1. The first-order valence-corrected chi connectivity index (χ1v) is 9.83. The van der Waals surface area contributed by atoms with Gasteiger partial charge < -0.3 is 11.1 Å². The second-order valence-electron chi connectivity index (χ2n) is 5.57. The SMILES string of the molecule is Cl.NCCCNC(=O)c1cccc2c1N=C[SH]2Cc1ccc(Cl)cc1. The Bertz CT molecular complexity index is 765. The highest BCUT2D eigenvalue weighted by Gasteiger charge is 2.21. The van der Waals surface area contributed by atoms with Crippen LogP contribution in [0.5, 0.6) is 0 Å². The van der Waals surface area contributed by atoms with Gasteiger partial charge in [0.15, 0.2) is 0 Å². The van der Waals surface area contributed by atoms with E-state index in [0.717, 1.165) is 27.8 Å². The monoisotopic (exact) mass is 397 g/mol. The first-order chi connectivity index (χ1) is 11.7. The number of carbonyl (C=O) groups excluding carboxylic acids is 1. The van der Waals surface area contributed by atoms with Crippen molar-refractivity contribution in [2.45, 2.75) is 17.1 Å². The molecule has 134 valence electrons. The van der Waals surface area contributed by atoms with Gasteiger partial charge in [0.2, 0.25) is 0 Å². The number of nitrogens with one attached hydrogen (secondary N) is 1. The van der Waals surface area contributed by atoms with Gasteiger partial charge in [0, 0.05) is 27.8 Å². The minimum atomic E-state index is -0.539. The molecule has 0 fully saturated rings. The summed E-state index contributed by atoms with van der Waals surface area (Å²) in [5.41, 5.74) is 10.1. The third kappa shape index (κ3) is 4.76. The minimum absolute atomic E-state index is 0. The van der Waals surface area contributed by atoms with Crippen LogP contribution in [0.4, 0.5) is 5.69 Å². The van der Waals surface area contributed by atoms with E-state index in [-0.39, 0.29) is 18.3 Å². The second kappa shape index (κ2) is 9.25. The van der Waals surface area contributed by atoms with Crippen molar-refractivity contribution in [3.63, 3.8) is 0 Å². The molecule has 25 heavy (non-hydrogen) atoms. The van der Waals surface area contributed by atoms with E-state index in [9.17, 15) is 4.79 Å². The van der Waals surface area contributed by atoms with Crippen molar-refractivity contribution < 1.29 is 4.79 Å². The number of halogens is 2. The molecule has 2 aromatic carbocycles. The Hall–Kier alpha value is -1.53. The molecular formula is C18H21Cl2N3OS. The summed E-state index contributed by atoms with van der Waals surface area (Å²) in [6.45, 7) is 1.15. The van der Waals surface area contributed by atoms with Crippen molar-refractivity contribution in [2.75, 3.05) is 13.1 Å². The fourth-order valence-corrected chi connectivity index (χ4v) is 4.67. The standard InChI is InChI=1S/C18H20ClN3OS.ClH/c19-14-7-5-13(6-8-14)11-24-12-22-17-15(3-1-4-16(17)24)18(23)21-10-2-9-20;/h1,3-8,12,24H,2,9-11,20H2,(H,21,23);1H. The Morgan fingerprint density at radius 2 is 1.96 bits per heavy atom. The maximum Gasteiger partial charge on any atom is 0.253 e. The molecular weight excluding hydrogens is 377 g/mol. The summed E-state index contributed by atoms with van der Waals surface area (Å²) in [6.07, 6.45) is 0.771. The lowest BCUT2D eigenvalue weighted by Crippen LogP contribution is -2.26. The van der Waals surface area contributed by atoms with E-state index in [0.29, 0.717) is 18.7 Å². The molecule has 1 aliphatic heterocycles. The Morgan fingerprint density at radius 1 is 1.20 bits per heavy atom. The van der Waals surface area contributed by atoms with Gasteiger partial charge in [0.05, 0.1) is 11.3 Å². The molecule has 0 saturated heterocycles. The van der Waals surface area contributed by atoms with Crippen LogP contribution in [0.15, 0.2) is 52.4 Å². The summed E-state index contributed by atoms with van der Waals surface area (Å²) in [5, 5.41) is 3.64. The topological polar surface area (TPSA) is 67.5 Å². The number of aliphatic imine (C=N–C) groups is 1. The van der Waals surface area contributed by atoms with Gasteiger partial charge in [-0.1, -0.05) is 29.8 Å². The number of hydrogen-bond donors (Lipinski definition) is 3. The molecule has 0 saturated carbocycles. The van der Waals surface area contributed by atoms with Gasteiger partial charge in [0.1, 0.15) is 0 Å². The van der Waals surface area contributed by atoms with Crippen molar-refractivity contribution >= 4 is 52.0 Å². The Labute approximate surface area is 161 Å². The lowest BCUT2D eigenvalue weighted by molar-refractivity contribution is 0.0954. The number of nitrogens with zero attached hydrogens (tertiary/aromatic N) is 1. The second-order valence-corrected chi connectivity index (χ2v) is 7.98. The number of fused-ring (bicyclic) bond motifs is 1. The molecule has 0 spiro atoms. The molecule has 1 atom stereocenters. The number of para-hydroxylation sites is 1. The van der Waals surface area contributed by atoms with Crippen molar-refractivity contribution in [3.8, 4) is 0 Å². The largest absolute Gasteiger partial charge is 0.352 e. The van der Waals surface area contributed by atoms with Gasteiger partial charge in [-0.25, -0.2) is 4.99 Å². The highest BCUT2D eigenvalue weighted by atomic mass is 35.5. The average molecular weight is 398 g/mol. The zero-order chi connectivity index (χ0) is 16.9. The van der Waals surface area contributed by atoms with Crippen molar-refractivity contribution in [3.05, 3.63) is 58.6 Å². The number of carbonyl (C=O) groups is 1. The predicted molar refractivity (Wildman–Crippen MR) is 110 cm³/mol. The van der Waals surface area contributed by atoms with Crippen LogP contribution in [0, 0.1) is 0 Å². The maximum absolute atomic E-state index is 12.3. The predicted octanol–water partition coefficient (Wildman–Crippen LogP) is 4.07. The highest BCUT2D eigenvalue weighted by molar-refractivity contribution is 8.28. The van der Waals surface area contributed by atoms with Crippen molar-refractivity contribution in [1.29, 1.82) is 0 Å². The summed E-state index contributed by atoms with van der Waals surface area (Å²) in [4.78, 5) is 18.0. The van der Waals surface area contributed by atoms with Crippen LogP contribution in [-0.4, -0.2) is 24.5 Å². The van der Waals surface area contributed by atoms with Gasteiger partial charge in [0.25, 0.3) is 5.91 Å². The lowest BCUT2D eigenvalue weighted by atomic mass is 10.1. The van der Waals surface area contributed by atoms with Gasteiger partial charge in [-0.3, -0.25) is 4.79 Å². The smallest absolute Gasteiger partial charge is 0.253 e. The van der Waals surface area contributed by atoms with Gasteiger partial charge >= 0.3 is 0 Å². The Kier molecular flexibility index (Phi) is 7.32. The normalized spacial score (nSPS) is 16.2. The fraction of sp³-hybridized carbons (Fsp3) is 0.222. The van der Waals surface area contributed by atoms with Crippen molar-refractivity contribution in [1.82, 2.24) is 5.32 Å². The van der Waals surface area contributed by atoms with Gasteiger partial charge in [-0.15, -0.1) is 12.4 Å².